The molecule has 0 aliphatic carbocycles. The normalized spacial score (nSPS) is 20.8. The Balaban J connectivity index is 2.31. The van der Waals surface area contributed by atoms with Crippen LogP contribution >= 0.6 is 0 Å². The second-order valence-corrected chi connectivity index (χ2v) is 6.48. The highest BCUT2D eigenvalue weighted by molar-refractivity contribution is 7.89. The molecule has 0 radical (unpaired) electrons. The smallest absolute Gasteiger partial charge is 0.207 e. The monoisotopic (exact) mass is 264 g/mol. The fourth-order valence-corrected chi connectivity index (χ4v) is 3.97. The number of sulfonamides is 1. The highest BCUT2D eigenvalue weighted by Gasteiger charge is 2.34. The molecule has 1 atom stereocenters. The topological polar surface area (TPSA) is 61.2 Å². The molecule has 1 aromatic carbocycles. The predicted molar refractivity (Wildman–Crippen MR) is 68.3 cm³/mol. The summed E-state index contributed by atoms with van der Waals surface area (Å²) in [6, 6.07) is 8.75. The Hall–Kier alpha value is -1.38. The fraction of sp³-hybridized carbons (Fsp3) is 0.462. The maximum Gasteiger partial charge on any atom is 0.243 e. The predicted octanol–water partition coefficient (Wildman–Crippen LogP) is 2.06. The molecule has 0 amide bonds. The van der Waals surface area contributed by atoms with Crippen LogP contribution in [-0.2, 0) is 10.0 Å². The summed E-state index contributed by atoms with van der Waals surface area (Å²) < 4.78 is 26.4. The zero-order chi connectivity index (χ0) is 13.2. The molecule has 0 saturated carbocycles. The van der Waals surface area contributed by atoms with Gasteiger partial charge in [-0.3, -0.25) is 0 Å². The minimum absolute atomic E-state index is 0.165. The van der Waals surface area contributed by atoms with E-state index in [4.69, 9.17) is 5.26 Å². The Bertz CT molecular complexity index is 558. The molecule has 1 aliphatic heterocycles. The molecular formula is C13H16N2O2S. The van der Waals surface area contributed by atoms with E-state index in [9.17, 15) is 8.42 Å². The molecule has 1 aliphatic rings. The van der Waals surface area contributed by atoms with E-state index in [1.807, 2.05) is 6.92 Å². The van der Waals surface area contributed by atoms with Gasteiger partial charge in [0, 0.05) is 12.6 Å². The maximum absolute atomic E-state index is 12.4. The van der Waals surface area contributed by atoms with E-state index in [2.05, 4.69) is 6.07 Å². The van der Waals surface area contributed by atoms with Crippen molar-refractivity contribution in [3.63, 3.8) is 0 Å². The summed E-state index contributed by atoms with van der Waals surface area (Å²) in [5.74, 6) is 0. The third kappa shape index (κ3) is 2.40. The number of benzene rings is 1. The lowest BCUT2D eigenvalue weighted by molar-refractivity contribution is 0.391. The highest BCUT2D eigenvalue weighted by atomic mass is 32.2. The molecule has 1 fully saturated rings. The summed E-state index contributed by atoms with van der Waals surface area (Å²) in [4.78, 5) is 0.318. The van der Waals surface area contributed by atoms with Gasteiger partial charge in [-0.05, 0) is 31.9 Å². The summed E-state index contributed by atoms with van der Waals surface area (Å²) in [6.45, 7) is 2.44. The van der Waals surface area contributed by atoms with Gasteiger partial charge in [-0.15, -0.1) is 0 Å². The van der Waals surface area contributed by atoms with Crippen molar-refractivity contribution in [2.75, 3.05) is 6.54 Å². The van der Waals surface area contributed by atoms with Crippen molar-refractivity contribution in [2.45, 2.75) is 37.1 Å². The molecule has 0 spiro atoms. The van der Waals surface area contributed by atoms with E-state index in [0.29, 0.717) is 11.4 Å². The van der Waals surface area contributed by atoms with Crippen LogP contribution in [0.1, 0.15) is 24.8 Å². The Labute approximate surface area is 108 Å². The van der Waals surface area contributed by atoms with Gasteiger partial charge in [-0.25, -0.2) is 8.42 Å². The number of hydrogen-bond donors (Lipinski definition) is 0. The average molecular weight is 264 g/mol. The quantitative estimate of drug-likeness (QED) is 0.839. The second-order valence-electron chi connectivity index (χ2n) is 4.59. The standard InChI is InChI=1S/C13H16N2O2S/c1-11-4-6-13(7-5-11)18(16,17)15-10-2-3-12(15)8-9-14/h4-7,12H,2-3,8,10H2,1H3/t12-/m1/s1. The summed E-state index contributed by atoms with van der Waals surface area (Å²) in [5, 5.41) is 8.75. The van der Waals surface area contributed by atoms with Crippen LogP contribution in [0, 0.1) is 18.3 Å². The SMILES string of the molecule is Cc1ccc(S(=O)(=O)N2CCC[C@@H]2CC#N)cc1. The van der Waals surface area contributed by atoms with Crippen LogP contribution in [0.4, 0.5) is 0 Å². The van der Waals surface area contributed by atoms with Crippen LogP contribution in [0.2, 0.25) is 0 Å². The van der Waals surface area contributed by atoms with Crippen molar-refractivity contribution < 1.29 is 8.42 Å². The van der Waals surface area contributed by atoms with Crippen molar-refractivity contribution in [1.82, 2.24) is 4.31 Å². The van der Waals surface area contributed by atoms with Gasteiger partial charge in [0.25, 0.3) is 0 Å². The molecule has 1 aromatic rings. The van der Waals surface area contributed by atoms with E-state index in [1.54, 1.807) is 24.3 Å². The Kier molecular flexibility index (Phi) is 3.69. The van der Waals surface area contributed by atoms with Crippen molar-refractivity contribution in [3.05, 3.63) is 29.8 Å². The first-order chi connectivity index (χ1) is 8.55. The Morgan fingerprint density at radius 3 is 2.67 bits per heavy atom. The lowest BCUT2D eigenvalue weighted by Crippen LogP contribution is -2.35. The zero-order valence-electron chi connectivity index (χ0n) is 10.3. The second kappa shape index (κ2) is 5.09. The highest BCUT2D eigenvalue weighted by Crippen LogP contribution is 2.27. The van der Waals surface area contributed by atoms with Gasteiger partial charge < -0.3 is 0 Å². The molecule has 5 heteroatoms. The molecule has 2 rings (SSSR count). The van der Waals surface area contributed by atoms with Crippen molar-refractivity contribution in [2.24, 2.45) is 0 Å². The van der Waals surface area contributed by atoms with E-state index in [0.717, 1.165) is 18.4 Å². The van der Waals surface area contributed by atoms with Gasteiger partial charge >= 0.3 is 0 Å². The van der Waals surface area contributed by atoms with Crippen LogP contribution < -0.4 is 0 Å². The largest absolute Gasteiger partial charge is 0.243 e. The van der Waals surface area contributed by atoms with Gasteiger partial charge in [0.05, 0.1) is 17.4 Å². The number of nitrogens with zero attached hydrogens (tertiary/aromatic N) is 2. The van der Waals surface area contributed by atoms with E-state index < -0.39 is 10.0 Å². The van der Waals surface area contributed by atoms with E-state index >= 15 is 0 Å². The summed E-state index contributed by atoms with van der Waals surface area (Å²) in [6.07, 6.45) is 1.88. The molecule has 18 heavy (non-hydrogen) atoms. The van der Waals surface area contributed by atoms with Gasteiger partial charge in [-0.1, -0.05) is 17.7 Å². The zero-order valence-corrected chi connectivity index (χ0v) is 11.2. The molecule has 4 nitrogen and oxygen atoms in total. The summed E-state index contributed by atoms with van der Waals surface area (Å²) >= 11 is 0. The van der Waals surface area contributed by atoms with Crippen molar-refractivity contribution >= 4 is 10.0 Å². The summed E-state index contributed by atoms with van der Waals surface area (Å²) in [5.41, 5.74) is 1.03. The first-order valence-corrected chi connectivity index (χ1v) is 7.45. The van der Waals surface area contributed by atoms with Crippen molar-refractivity contribution in [3.8, 4) is 6.07 Å². The Morgan fingerprint density at radius 1 is 1.39 bits per heavy atom. The van der Waals surface area contributed by atoms with Crippen LogP contribution in [0.25, 0.3) is 0 Å². The van der Waals surface area contributed by atoms with E-state index in [-0.39, 0.29) is 12.5 Å². The molecule has 1 saturated heterocycles. The van der Waals surface area contributed by atoms with E-state index in [1.165, 1.54) is 4.31 Å². The molecule has 0 aromatic heterocycles. The van der Waals surface area contributed by atoms with Crippen LogP contribution in [-0.4, -0.2) is 25.3 Å². The molecule has 0 bridgehead atoms. The van der Waals surface area contributed by atoms with Crippen LogP contribution in [0.3, 0.4) is 0 Å². The number of rotatable bonds is 3. The molecular weight excluding hydrogens is 248 g/mol. The molecule has 0 unspecified atom stereocenters. The molecule has 1 heterocycles. The third-order valence-electron chi connectivity index (χ3n) is 3.28. The fourth-order valence-electron chi connectivity index (χ4n) is 2.28. The van der Waals surface area contributed by atoms with Gasteiger partial charge in [0.2, 0.25) is 10.0 Å². The van der Waals surface area contributed by atoms with Crippen molar-refractivity contribution in [1.29, 1.82) is 5.26 Å². The van der Waals surface area contributed by atoms with Gasteiger partial charge in [0.15, 0.2) is 0 Å². The van der Waals surface area contributed by atoms with Crippen LogP contribution in [0.5, 0.6) is 0 Å². The lowest BCUT2D eigenvalue weighted by Gasteiger charge is -2.22. The number of hydrogen-bond acceptors (Lipinski definition) is 3. The number of nitriles is 1. The maximum atomic E-state index is 12.4. The minimum atomic E-state index is -3.44. The van der Waals surface area contributed by atoms with Gasteiger partial charge in [0.1, 0.15) is 0 Å². The lowest BCUT2D eigenvalue weighted by atomic mass is 10.2. The van der Waals surface area contributed by atoms with Gasteiger partial charge in [-0.2, -0.15) is 9.57 Å². The summed E-state index contributed by atoms with van der Waals surface area (Å²) in [7, 11) is -3.44. The molecule has 96 valence electrons. The Morgan fingerprint density at radius 2 is 2.06 bits per heavy atom. The number of aryl methyl sites for hydroxylation is 1. The minimum Gasteiger partial charge on any atom is -0.207 e. The third-order valence-corrected chi connectivity index (χ3v) is 5.24. The molecule has 0 N–H and O–H groups in total. The first-order valence-electron chi connectivity index (χ1n) is 6.01. The first kappa shape index (κ1) is 13.1. The average Bonchev–Trinajstić information content (AvgIpc) is 2.79. The van der Waals surface area contributed by atoms with Crippen LogP contribution in [0.15, 0.2) is 29.2 Å².